The molecule has 4 nitrogen and oxygen atoms in total. The van der Waals surface area contributed by atoms with Crippen molar-refractivity contribution in [2.75, 3.05) is 22.9 Å². The number of fused-ring (bicyclic) bond motifs is 1. The molecule has 0 aromatic heterocycles. The molecule has 0 heterocycles. The minimum Gasteiger partial charge on any atom is -0.397 e. The van der Waals surface area contributed by atoms with Crippen LogP contribution in [-0.2, 0) is 10.8 Å². The first-order chi connectivity index (χ1) is 10.3. The molecule has 0 saturated carbocycles. The van der Waals surface area contributed by atoms with Gasteiger partial charge in [-0.15, -0.1) is 0 Å². The van der Waals surface area contributed by atoms with E-state index in [1.54, 1.807) is 0 Å². The number of nitrogen functional groups attached to an aromatic ring is 4. The smallest absolute Gasteiger partial charge is 0.0551 e. The van der Waals surface area contributed by atoms with E-state index in [0.29, 0.717) is 22.7 Å². The van der Waals surface area contributed by atoms with Crippen molar-refractivity contribution in [1.82, 2.24) is 0 Å². The van der Waals surface area contributed by atoms with Gasteiger partial charge in [0.15, 0.2) is 0 Å². The minimum atomic E-state index is -0.0773. The lowest BCUT2D eigenvalue weighted by Crippen LogP contribution is -2.46. The molecule has 0 amide bonds. The van der Waals surface area contributed by atoms with Crippen LogP contribution in [0.3, 0.4) is 0 Å². The molecule has 0 fully saturated rings. The van der Waals surface area contributed by atoms with E-state index >= 15 is 0 Å². The average molecular weight is 294 g/mol. The Hall–Kier alpha value is -2.36. The van der Waals surface area contributed by atoms with Crippen molar-refractivity contribution in [3.63, 3.8) is 0 Å². The lowest BCUT2D eigenvalue weighted by Gasteiger charge is -2.53. The quantitative estimate of drug-likeness (QED) is 0.561. The van der Waals surface area contributed by atoms with Crippen molar-refractivity contribution in [2.24, 2.45) is 0 Å². The summed E-state index contributed by atoms with van der Waals surface area (Å²) in [5.74, 6) is 0. The van der Waals surface area contributed by atoms with Gasteiger partial charge in [0.1, 0.15) is 0 Å². The zero-order valence-electron chi connectivity index (χ0n) is 13.0. The second-order valence-corrected chi connectivity index (χ2v) is 7.22. The fourth-order valence-corrected chi connectivity index (χ4v) is 4.42. The van der Waals surface area contributed by atoms with Crippen LogP contribution in [0.2, 0.25) is 0 Å². The fraction of sp³-hybridized carbons (Fsp3) is 0.333. The molecule has 4 heteroatoms. The highest BCUT2D eigenvalue weighted by Gasteiger charge is 2.51. The molecule has 2 aromatic rings. The van der Waals surface area contributed by atoms with E-state index in [1.165, 1.54) is 22.3 Å². The molecule has 5 rings (SSSR count). The van der Waals surface area contributed by atoms with Gasteiger partial charge >= 0.3 is 0 Å². The Balaban J connectivity index is 2.13. The highest BCUT2D eigenvalue weighted by atomic mass is 14.7. The lowest BCUT2D eigenvalue weighted by molar-refractivity contribution is 0.327. The summed E-state index contributed by atoms with van der Waals surface area (Å²) in [6.07, 6.45) is 2.16. The van der Waals surface area contributed by atoms with Crippen molar-refractivity contribution < 1.29 is 0 Å². The standard InChI is InChI=1S/C18H22N4/c1-17-3-4-18(2,11-7-15(21)13(19)5-9(11)17)12-8-16(22)14(20)6-10(12)17/h5-8H,3-4,19-22H2,1-2H3. The van der Waals surface area contributed by atoms with Crippen molar-refractivity contribution >= 4 is 22.7 Å². The van der Waals surface area contributed by atoms with E-state index in [1.807, 2.05) is 0 Å². The third kappa shape index (κ3) is 1.33. The third-order valence-electron chi connectivity index (χ3n) is 5.95. The molecule has 0 radical (unpaired) electrons. The first-order valence-electron chi connectivity index (χ1n) is 7.67. The summed E-state index contributed by atoms with van der Waals surface area (Å²) >= 11 is 0. The van der Waals surface area contributed by atoms with Gasteiger partial charge in [-0.05, 0) is 59.4 Å². The maximum Gasteiger partial charge on any atom is 0.0551 e. The van der Waals surface area contributed by atoms with Crippen LogP contribution in [0.5, 0.6) is 0 Å². The van der Waals surface area contributed by atoms with Gasteiger partial charge in [0, 0.05) is 10.8 Å². The lowest BCUT2D eigenvalue weighted by atomic mass is 9.50. The molecule has 2 bridgehead atoms. The molecule has 0 saturated heterocycles. The predicted octanol–water partition coefficient (Wildman–Crippen LogP) is 2.73. The summed E-state index contributed by atoms with van der Waals surface area (Å²) in [7, 11) is 0. The topological polar surface area (TPSA) is 104 Å². The Labute approximate surface area is 130 Å². The van der Waals surface area contributed by atoms with Gasteiger partial charge in [0.05, 0.1) is 22.7 Å². The third-order valence-corrected chi connectivity index (χ3v) is 5.95. The van der Waals surface area contributed by atoms with Gasteiger partial charge in [-0.3, -0.25) is 0 Å². The highest BCUT2D eigenvalue weighted by molar-refractivity contribution is 5.76. The van der Waals surface area contributed by atoms with Gasteiger partial charge in [-0.1, -0.05) is 13.8 Å². The van der Waals surface area contributed by atoms with Crippen molar-refractivity contribution in [3.8, 4) is 0 Å². The minimum absolute atomic E-state index is 0.0773. The first-order valence-corrected chi connectivity index (χ1v) is 7.67. The number of hydrogen-bond acceptors (Lipinski definition) is 4. The SMILES string of the molecule is CC12CCC(C)(c3cc(N)c(N)cc31)c1cc(N)c(N)cc12. The summed E-state index contributed by atoms with van der Waals surface area (Å²) in [4.78, 5) is 0. The van der Waals surface area contributed by atoms with Crippen molar-refractivity contribution in [2.45, 2.75) is 37.5 Å². The zero-order valence-corrected chi connectivity index (χ0v) is 13.0. The molecular formula is C18H22N4. The van der Waals surface area contributed by atoms with Crippen LogP contribution in [0.25, 0.3) is 0 Å². The molecule has 0 aliphatic heterocycles. The van der Waals surface area contributed by atoms with Gasteiger partial charge in [-0.2, -0.15) is 0 Å². The molecule has 0 unspecified atom stereocenters. The van der Waals surface area contributed by atoms with Gasteiger partial charge < -0.3 is 22.9 Å². The van der Waals surface area contributed by atoms with Crippen LogP contribution < -0.4 is 22.9 Å². The molecule has 8 N–H and O–H groups in total. The van der Waals surface area contributed by atoms with E-state index in [-0.39, 0.29) is 10.8 Å². The Bertz CT molecular complexity index is 695. The Kier molecular flexibility index (Phi) is 2.23. The second kappa shape index (κ2) is 3.69. The average Bonchev–Trinajstić information content (AvgIpc) is 2.46. The Morgan fingerprint density at radius 2 is 0.818 bits per heavy atom. The van der Waals surface area contributed by atoms with Crippen LogP contribution >= 0.6 is 0 Å². The van der Waals surface area contributed by atoms with E-state index < -0.39 is 0 Å². The number of nitrogens with two attached hydrogens (primary N) is 4. The number of anilines is 4. The van der Waals surface area contributed by atoms with Crippen LogP contribution in [0, 0.1) is 0 Å². The molecule has 114 valence electrons. The van der Waals surface area contributed by atoms with Gasteiger partial charge in [0.25, 0.3) is 0 Å². The Morgan fingerprint density at radius 1 is 0.591 bits per heavy atom. The van der Waals surface area contributed by atoms with Crippen LogP contribution in [0.15, 0.2) is 24.3 Å². The first kappa shape index (κ1) is 13.3. The van der Waals surface area contributed by atoms with Gasteiger partial charge in [-0.25, -0.2) is 0 Å². The summed E-state index contributed by atoms with van der Waals surface area (Å²) in [6, 6.07) is 8.21. The molecule has 3 aliphatic rings. The number of rotatable bonds is 0. The summed E-state index contributed by atoms with van der Waals surface area (Å²) in [6.45, 7) is 4.54. The van der Waals surface area contributed by atoms with E-state index in [0.717, 1.165) is 12.8 Å². The Morgan fingerprint density at radius 3 is 1.05 bits per heavy atom. The van der Waals surface area contributed by atoms with Crippen LogP contribution in [0.4, 0.5) is 22.7 Å². The van der Waals surface area contributed by atoms with Crippen molar-refractivity contribution in [3.05, 3.63) is 46.5 Å². The molecule has 0 atom stereocenters. The second-order valence-electron chi connectivity index (χ2n) is 7.22. The van der Waals surface area contributed by atoms with Crippen LogP contribution in [-0.4, -0.2) is 0 Å². The van der Waals surface area contributed by atoms with E-state index in [4.69, 9.17) is 22.9 Å². The molecule has 2 aromatic carbocycles. The van der Waals surface area contributed by atoms with E-state index in [2.05, 4.69) is 38.1 Å². The summed E-state index contributed by atoms with van der Waals surface area (Å²) in [5, 5.41) is 0. The molecule has 3 aliphatic carbocycles. The highest BCUT2D eigenvalue weighted by Crippen LogP contribution is 2.60. The largest absolute Gasteiger partial charge is 0.397 e. The molecule has 22 heavy (non-hydrogen) atoms. The number of benzene rings is 2. The maximum absolute atomic E-state index is 6.08. The van der Waals surface area contributed by atoms with E-state index in [9.17, 15) is 0 Å². The van der Waals surface area contributed by atoms with Crippen LogP contribution in [0.1, 0.15) is 48.9 Å². The molecular weight excluding hydrogens is 272 g/mol. The fourth-order valence-electron chi connectivity index (χ4n) is 4.42. The maximum atomic E-state index is 6.08. The van der Waals surface area contributed by atoms with Crippen molar-refractivity contribution in [1.29, 1.82) is 0 Å². The predicted molar refractivity (Wildman–Crippen MR) is 92.7 cm³/mol. The number of hydrogen-bond donors (Lipinski definition) is 4. The van der Waals surface area contributed by atoms with Gasteiger partial charge in [0.2, 0.25) is 0 Å². The zero-order chi connectivity index (χ0) is 15.9. The summed E-state index contributed by atoms with van der Waals surface area (Å²) in [5.41, 5.74) is 31.9. The molecule has 0 spiro atoms. The normalized spacial score (nSPS) is 28.3. The summed E-state index contributed by atoms with van der Waals surface area (Å²) < 4.78 is 0. The monoisotopic (exact) mass is 294 g/mol.